The standard InChI is InChI=1S/C25H24Cl2N4O2/c1-29-24(33)31(21-11-18(26)10-19(27)12-21)23(32)25(29)15-30(20-4-2-3-5-20)14-22(25)17-8-6-16(13-28)7-9-17/h6-12,20,22H,2-5,14-15H2,1H3/t22-,25-/m1/s1. The average molecular weight is 483 g/mol. The lowest BCUT2D eigenvalue weighted by Crippen LogP contribution is -2.54. The molecule has 3 aliphatic rings. The highest BCUT2D eigenvalue weighted by Gasteiger charge is 2.64. The van der Waals surface area contributed by atoms with E-state index in [1.165, 1.54) is 17.7 Å². The van der Waals surface area contributed by atoms with Gasteiger partial charge in [0.05, 0.1) is 17.3 Å². The van der Waals surface area contributed by atoms with Gasteiger partial charge in [0.2, 0.25) is 0 Å². The van der Waals surface area contributed by atoms with Crippen LogP contribution in [0.1, 0.15) is 42.7 Å². The van der Waals surface area contributed by atoms with Crippen molar-refractivity contribution in [3.8, 4) is 6.07 Å². The number of carbonyl (C=O) groups excluding carboxylic acids is 2. The molecule has 33 heavy (non-hydrogen) atoms. The van der Waals surface area contributed by atoms with Crippen LogP contribution >= 0.6 is 23.2 Å². The van der Waals surface area contributed by atoms with Gasteiger partial charge in [-0.2, -0.15) is 5.26 Å². The number of hydrogen-bond acceptors (Lipinski definition) is 4. The molecule has 2 saturated heterocycles. The van der Waals surface area contributed by atoms with Crippen LogP contribution in [-0.4, -0.2) is 53.5 Å². The number of halogens is 2. The third-order valence-electron chi connectivity index (χ3n) is 7.48. The van der Waals surface area contributed by atoms with Crippen molar-refractivity contribution in [2.75, 3.05) is 25.0 Å². The number of hydrogen-bond donors (Lipinski definition) is 0. The fourth-order valence-electron chi connectivity index (χ4n) is 5.79. The van der Waals surface area contributed by atoms with E-state index in [9.17, 15) is 14.9 Å². The minimum absolute atomic E-state index is 0.216. The van der Waals surface area contributed by atoms with Gasteiger partial charge in [-0.05, 0) is 48.7 Å². The Hall–Kier alpha value is -2.59. The molecule has 6 nitrogen and oxygen atoms in total. The minimum Gasteiger partial charge on any atom is -0.310 e. The van der Waals surface area contributed by atoms with Gasteiger partial charge in [0.15, 0.2) is 0 Å². The second-order valence-corrected chi connectivity index (χ2v) is 10.1. The van der Waals surface area contributed by atoms with Gasteiger partial charge in [0, 0.05) is 42.1 Å². The predicted molar refractivity (Wildman–Crippen MR) is 128 cm³/mol. The molecule has 3 fully saturated rings. The molecule has 2 aromatic rings. The number of nitrogens with zero attached hydrogens (tertiary/aromatic N) is 4. The first kappa shape index (κ1) is 22.2. The summed E-state index contributed by atoms with van der Waals surface area (Å²) in [6.45, 7) is 1.16. The van der Waals surface area contributed by atoms with Crippen molar-refractivity contribution in [3.63, 3.8) is 0 Å². The van der Waals surface area contributed by atoms with Crippen LogP contribution in [0.25, 0.3) is 0 Å². The maximum atomic E-state index is 14.1. The quantitative estimate of drug-likeness (QED) is 0.574. The summed E-state index contributed by atoms with van der Waals surface area (Å²) in [7, 11) is 1.71. The van der Waals surface area contributed by atoms with Crippen molar-refractivity contribution in [3.05, 3.63) is 63.6 Å². The molecular weight excluding hydrogens is 459 g/mol. The SMILES string of the molecule is CN1C(=O)N(c2cc(Cl)cc(Cl)c2)C(=O)[C@]12CN(C1CCCC1)C[C@@H]2c1ccc(C#N)cc1. The summed E-state index contributed by atoms with van der Waals surface area (Å²) in [5.74, 6) is -0.477. The number of rotatable bonds is 3. The van der Waals surface area contributed by atoms with Crippen molar-refractivity contribution < 1.29 is 9.59 Å². The molecule has 2 aromatic carbocycles. The summed E-state index contributed by atoms with van der Waals surface area (Å²) in [6, 6.07) is 14.3. The van der Waals surface area contributed by atoms with Gasteiger partial charge in [-0.3, -0.25) is 9.69 Å². The molecule has 1 saturated carbocycles. The van der Waals surface area contributed by atoms with E-state index in [2.05, 4.69) is 11.0 Å². The van der Waals surface area contributed by atoms with Gasteiger partial charge in [-0.1, -0.05) is 48.2 Å². The molecule has 170 valence electrons. The number of anilines is 1. The van der Waals surface area contributed by atoms with E-state index in [4.69, 9.17) is 23.2 Å². The van der Waals surface area contributed by atoms with Crippen molar-refractivity contribution in [2.24, 2.45) is 0 Å². The van der Waals surface area contributed by atoms with Crippen LogP contribution in [0.3, 0.4) is 0 Å². The van der Waals surface area contributed by atoms with Gasteiger partial charge in [0.1, 0.15) is 5.54 Å². The predicted octanol–water partition coefficient (Wildman–Crippen LogP) is 5.04. The highest BCUT2D eigenvalue weighted by Crippen LogP contribution is 2.48. The van der Waals surface area contributed by atoms with Crippen molar-refractivity contribution in [1.82, 2.24) is 9.80 Å². The zero-order valence-corrected chi connectivity index (χ0v) is 19.8. The number of amides is 3. The second kappa shape index (κ2) is 8.32. The second-order valence-electron chi connectivity index (χ2n) is 9.19. The van der Waals surface area contributed by atoms with E-state index < -0.39 is 5.54 Å². The monoisotopic (exact) mass is 482 g/mol. The maximum Gasteiger partial charge on any atom is 0.332 e. The Morgan fingerprint density at radius 2 is 1.67 bits per heavy atom. The van der Waals surface area contributed by atoms with E-state index in [-0.39, 0.29) is 17.9 Å². The summed E-state index contributed by atoms with van der Waals surface area (Å²) in [5.41, 5.74) is 0.858. The summed E-state index contributed by atoms with van der Waals surface area (Å²) < 4.78 is 0. The fourth-order valence-corrected chi connectivity index (χ4v) is 6.30. The number of benzene rings is 2. The zero-order chi connectivity index (χ0) is 23.3. The van der Waals surface area contributed by atoms with E-state index in [1.54, 1.807) is 42.3 Å². The Labute approximate surface area is 203 Å². The van der Waals surface area contributed by atoms with Crippen LogP contribution < -0.4 is 4.90 Å². The number of carbonyl (C=O) groups is 2. The molecule has 3 amide bonds. The molecule has 8 heteroatoms. The molecule has 5 rings (SSSR count). The summed E-state index contributed by atoms with van der Waals surface area (Å²) >= 11 is 12.4. The molecule has 2 atom stereocenters. The molecule has 0 bridgehead atoms. The maximum absolute atomic E-state index is 14.1. The Morgan fingerprint density at radius 3 is 2.27 bits per heavy atom. The number of nitriles is 1. The number of likely N-dealkylation sites (tertiary alicyclic amines) is 1. The van der Waals surface area contributed by atoms with Crippen molar-refractivity contribution in [1.29, 1.82) is 5.26 Å². The van der Waals surface area contributed by atoms with Crippen LogP contribution in [0.4, 0.5) is 10.5 Å². The Bertz CT molecular complexity index is 1140. The molecule has 0 radical (unpaired) electrons. The minimum atomic E-state index is -1.04. The van der Waals surface area contributed by atoms with Gasteiger partial charge in [0.25, 0.3) is 5.91 Å². The van der Waals surface area contributed by atoms with Crippen LogP contribution in [0, 0.1) is 11.3 Å². The highest BCUT2D eigenvalue weighted by molar-refractivity contribution is 6.35. The van der Waals surface area contributed by atoms with E-state index in [0.717, 1.165) is 18.4 Å². The first-order chi connectivity index (χ1) is 15.8. The highest BCUT2D eigenvalue weighted by atomic mass is 35.5. The topological polar surface area (TPSA) is 67.7 Å². The lowest BCUT2D eigenvalue weighted by molar-refractivity contribution is -0.124. The molecule has 2 aliphatic heterocycles. The van der Waals surface area contributed by atoms with E-state index in [0.29, 0.717) is 40.4 Å². The Morgan fingerprint density at radius 1 is 1.03 bits per heavy atom. The van der Waals surface area contributed by atoms with Crippen LogP contribution in [0.2, 0.25) is 10.0 Å². The molecule has 0 aromatic heterocycles. The largest absolute Gasteiger partial charge is 0.332 e. The van der Waals surface area contributed by atoms with Gasteiger partial charge >= 0.3 is 6.03 Å². The van der Waals surface area contributed by atoms with Crippen LogP contribution in [-0.2, 0) is 4.79 Å². The molecule has 2 heterocycles. The van der Waals surface area contributed by atoms with Crippen molar-refractivity contribution in [2.45, 2.75) is 43.2 Å². The smallest absolute Gasteiger partial charge is 0.310 e. The molecule has 1 spiro atoms. The third-order valence-corrected chi connectivity index (χ3v) is 7.91. The fraction of sp³-hybridized carbons (Fsp3) is 0.400. The summed E-state index contributed by atoms with van der Waals surface area (Å²) in [6.07, 6.45) is 4.59. The Kier molecular flexibility index (Phi) is 5.60. The summed E-state index contributed by atoms with van der Waals surface area (Å²) in [4.78, 5) is 32.8. The van der Waals surface area contributed by atoms with Crippen LogP contribution in [0.15, 0.2) is 42.5 Å². The van der Waals surface area contributed by atoms with E-state index in [1.807, 2.05) is 12.1 Å². The first-order valence-corrected chi connectivity index (χ1v) is 11.9. The Balaban J connectivity index is 1.60. The third kappa shape index (κ3) is 3.50. The number of urea groups is 1. The lowest BCUT2D eigenvalue weighted by atomic mass is 9.80. The molecule has 0 N–H and O–H groups in total. The van der Waals surface area contributed by atoms with E-state index >= 15 is 0 Å². The summed E-state index contributed by atoms with van der Waals surface area (Å²) in [5, 5.41) is 9.95. The number of imide groups is 1. The molecular formula is C25H24Cl2N4O2. The lowest BCUT2D eigenvalue weighted by Gasteiger charge is -2.34. The molecule has 1 aliphatic carbocycles. The normalized spacial score (nSPS) is 26.1. The van der Waals surface area contributed by atoms with Gasteiger partial charge in [-0.25, -0.2) is 9.69 Å². The zero-order valence-electron chi connectivity index (χ0n) is 18.3. The number of likely N-dealkylation sites (N-methyl/N-ethyl adjacent to an activating group) is 1. The van der Waals surface area contributed by atoms with Gasteiger partial charge in [-0.15, -0.1) is 0 Å². The first-order valence-electron chi connectivity index (χ1n) is 11.2. The average Bonchev–Trinajstić information content (AvgIpc) is 3.50. The molecule has 0 unspecified atom stereocenters. The van der Waals surface area contributed by atoms with Crippen LogP contribution in [0.5, 0.6) is 0 Å². The van der Waals surface area contributed by atoms with Gasteiger partial charge < -0.3 is 4.90 Å². The van der Waals surface area contributed by atoms with Crippen molar-refractivity contribution >= 4 is 40.8 Å².